The lowest BCUT2D eigenvalue weighted by Crippen LogP contribution is -2.94. The summed E-state index contributed by atoms with van der Waals surface area (Å²) in [5, 5.41) is 25.6. The molecule has 51 heavy (non-hydrogen) atoms. The summed E-state index contributed by atoms with van der Waals surface area (Å²) in [7, 11) is 1.09. The Morgan fingerprint density at radius 3 is 2.27 bits per heavy atom. The van der Waals surface area contributed by atoms with E-state index >= 15 is 0 Å². The summed E-state index contributed by atoms with van der Waals surface area (Å²) in [4.78, 5) is 66.4. The molecule has 16 nitrogen and oxygen atoms in total. The highest BCUT2D eigenvalue weighted by atomic mass is 17.0. The van der Waals surface area contributed by atoms with Crippen LogP contribution in [0.2, 0.25) is 0 Å². The number of aliphatic hydroxyl groups excluding tert-OH is 1. The third-order valence-corrected chi connectivity index (χ3v) is 13.4. The predicted octanol–water partition coefficient (Wildman–Crippen LogP) is 1.30. The molecule has 2 saturated heterocycles. The lowest BCUT2D eigenvalue weighted by Gasteiger charge is -2.76. The van der Waals surface area contributed by atoms with E-state index in [1.54, 1.807) is 26.8 Å². The van der Waals surface area contributed by atoms with Gasteiger partial charge in [0, 0.05) is 62.5 Å². The van der Waals surface area contributed by atoms with Gasteiger partial charge in [-0.2, -0.15) is 0 Å². The van der Waals surface area contributed by atoms with E-state index in [-0.39, 0.29) is 18.4 Å². The van der Waals surface area contributed by atoms with E-state index in [0.717, 1.165) is 21.0 Å². The molecule has 7 aliphatic rings. The summed E-state index contributed by atoms with van der Waals surface area (Å²) in [6.07, 6.45) is -4.03. The number of aliphatic hydroxyl groups is 2. The Kier molecular flexibility index (Phi) is 6.57. The number of fused-ring (bicyclic) bond motifs is 4. The molecule has 1 spiro atoms. The number of ether oxygens (including phenoxy) is 8. The van der Waals surface area contributed by atoms with Crippen molar-refractivity contribution in [2.75, 3.05) is 7.11 Å². The first-order chi connectivity index (χ1) is 23.7. The van der Waals surface area contributed by atoms with Crippen molar-refractivity contribution in [2.24, 2.45) is 22.2 Å². The van der Waals surface area contributed by atoms with Gasteiger partial charge in [0.25, 0.3) is 5.97 Å². The second kappa shape index (κ2) is 9.77. The molecule has 0 amide bonds. The molecule has 1 aromatic heterocycles. The molecule has 6 fully saturated rings. The minimum Gasteiger partial charge on any atom is -0.472 e. The fraction of sp³-hybridized carbons (Fsp3) is 0.686. The number of furan rings is 1. The van der Waals surface area contributed by atoms with Crippen molar-refractivity contribution in [1.29, 1.82) is 0 Å². The molecule has 2 N–H and O–H groups in total. The van der Waals surface area contributed by atoms with Gasteiger partial charge >= 0.3 is 29.8 Å². The van der Waals surface area contributed by atoms with E-state index in [9.17, 15) is 34.2 Å². The average molecular weight is 717 g/mol. The zero-order valence-electron chi connectivity index (χ0n) is 29.3. The molecule has 3 aliphatic heterocycles. The Morgan fingerprint density at radius 2 is 1.69 bits per heavy atom. The number of rotatable bonds is 6. The van der Waals surface area contributed by atoms with Crippen molar-refractivity contribution in [2.45, 2.75) is 120 Å². The Bertz CT molecular complexity index is 1820. The molecule has 276 valence electrons. The normalized spacial score (nSPS) is 50.0. The van der Waals surface area contributed by atoms with Crippen molar-refractivity contribution in [3.05, 3.63) is 35.8 Å². The van der Waals surface area contributed by atoms with Crippen molar-refractivity contribution in [3.8, 4) is 0 Å². The minimum atomic E-state index is -2.31. The van der Waals surface area contributed by atoms with Crippen LogP contribution in [0.4, 0.5) is 0 Å². The van der Waals surface area contributed by atoms with Crippen molar-refractivity contribution >= 4 is 29.8 Å². The van der Waals surface area contributed by atoms with Crippen LogP contribution in [0.1, 0.15) is 73.0 Å². The number of carbonyl (C=O) groups excluding carboxylic acids is 5. The van der Waals surface area contributed by atoms with Crippen LogP contribution < -0.4 is 0 Å². The van der Waals surface area contributed by atoms with E-state index in [4.69, 9.17) is 42.3 Å². The van der Waals surface area contributed by atoms with Crippen LogP contribution in [0.5, 0.6) is 0 Å². The van der Waals surface area contributed by atoms with Crippen LogP contribution in [0.3, 0.4) is 0 Å². The third kappa shape index (κ3) is 3.43. The standard InChI is InChI=1S/C35H40O16/c1-15(36)45-20-12-33-30(6)23(22(40)25(41)43-8)28(4)14-32(30,42)35(48-17(3)38,26(28)46-16(2)37)27-34(33,51-31(7,49-27)50-33)19-11-21(39)47-24(29(19,20)5)18-9-10-44-13-18/h9-11,13,20,22-24,26-27,40,42H,12,14H2,1-8H3/t20-,22?,23?,24+,26-,27-,28-,29-,30+,31-,32+,33-,34+,35-/m1/s1. The fourth-order valence-electron chi connectivity index (χ4n) is 12.3. The van der Waals surface area contributed by atoms with E-state index in [1.165, 1.54) is 32.4 Å². The van der Waals surface area contributed by atoms with Crippen molar-refractivity contribution < 1.29 is 76.5 Å². The smallest absolute Gasteiger partial charge is 0.335 e. The first-order valence-electron chi connectivity index (χ1n) is 16.7. The summed E-state index contributed by atoms with van der Waals surface area (Å²) in [5.41, 5.74) is -12.9. The highest BCUT2D eigenvalue weighted by molar-refractivity contribution is 5.86. The maximum absolute atomic E-state index is 13.8. The minimum absolute atomic E-state index is 0.143. The van der Waals surface area contributed by atoms with Crippen molar-refractivity contribution in [3.63, 3.8) is 0 Å². The molecule has 0 radical (unpaired) electrons. The Labute approximate surface area is 291 Å². The molecule has 4 aliphatic carbocycles. The van der Waals surface area contributed by atoms with E-state index < -0.39 is 111 Å². The van der Waals surface area contributed by atoms with Crippen LogP contribution in [0.25, 0.3) is 0 Å². The highest BCUT2D eigenvalue weighted by Crippen LogP contribution is 2.88. The molecule has 4 saturated carbocycles. The third-order valence-electron chi connectivity index (χ3n) is 13.4. The molecule has 16 heteroatoms. The zero-order valence-corrected chi connectivity index (χ0v) is 29.3. The molecular formula is C35H40O16. The zero-order chi connectivity index (χ0) is 37.1. The molecule has 4 bridgehead atoms. The van der Waals surface area contributed by atoms with Gasteiger partial charge < -0.3 is 52.5 Å². The first kappa shape index (κ1) is 34.3. The van der Waals surface area contributed by atoms with E-state index in [0.29, 0.717) is 5.56 Å². The quantitative estimate of drug-likeness (QED) is 0.314. The largest absolute Gasteiger partial charge is 0.472 e. The SMILES string of the molecule is COC(=O)C(O)C1[C@@]2(C)[C@@]3(O)C[C@@]1(C)[C@@H](OC(C)=O)[C@@]3(OC(C)=O)[C@@H]1O[C@]3(C)O[C@]24C[C@@H](OC(C)=O)[C@@]2(C)C(=CC(=O)O[C@H]2c2ccoc2)[C@]14O3. The summed E-state index contributed by atoms with van der Waals surface area (Å²) in [5.74, 6) is -7.63. The Hall–Kier alpha value is -3.83. The van der Waals surface area contributed by atoms with Gasteiger partial charge in [-0.1, -0.05) is 13.8 Å². The number of cyclic esters (lactones) is 1. The number of hydrogen-bond acceptors (Lipinski definition) is 16. The van der Waals surface area contributed by atoms with Crippen LogP contribution in [0, 0.1) is 22.2 Å². The number of methoxy groups -OCH3 is 1. The maximum atomic E-state index is 13.8. The van der Waals surface area contributed by atoms with Gasteiger partial charge in [0.15, 0.2) is 17.8 Å². The van der Waals surface area contributed by atoms with Gasteiger partial charge in [0.1, 0.15) is 29.5 Å². The summed E-state index contributed by atoms with van der Waals surface area (Å²) >= 11 is 0. The summed E-state index contributed by atoms with van der Waals surface area (Å²) in [6.45, 7) is 9.82. The fourth-order valence-corrected chi connectivity index (χ4v) is 12.3. The Balaban J connectivity index is 1.52. The van der Waals surface area contributed by atoms with E-state index in [1.807, 2.05) is 0 Å². The maximum Gasteiger partial charge on any atom is 0.335 e. The molecule has 0 aromatic carbocycles. The van der Waals surface area contributed by atoms with Gasteiger partial charge in [0.2, 0.25) is 5.60 Å². The lowest BCUT2D eigenvalue weighted by molar-refractivity contribution is -0.448. The summed E-state index contributed by atoms with van der Waals surface area (Å²) in [6, 6.07) is 1.59. The molecule has 4 heterocycles. The van der Waals surface area contributed by atoms with Crippen LogP contribution in [-0.4, -0.2) is 100.0 Å². The van der Waals surface area contributed by atoms with Crippen LogP contribution in [-0.2, 0) is 61.9 Å². The van der Waals surface area contributed by atoms with Gasteiger partial charge in [0.05, 0.1) is 25.1 Å². The van der Waals surface area contributed by atoms with Gasteiger partial charge in [-0.05, 0) is 25.0 Å². The highest BCUT2D eigenvalue weighted by Gasteiger charge is 3.04. The predicted molar refractivity (Wildman–Crippen MR) is 162 cm³/mol. The van der Waals surface area contributed by atoms with Crippen LogP contribution in [0.15, 0.2) is 34.7 Å². The van der Waals surface area contributed by atoms with Crippen molar-refractivity contribution in [1.82, 2.24) is 0 Å². The van der Waals surface area contributed by atoms with Gasteiger partial charge in [-0.25, -0.2) is 9.59 Å². The second-order valence-corrected chi connectivity index (χ2v) is 15.7. The lowest BCUT2D eigenvalue weighted by atomic mass is 9.34. The number of hydrogen-bond donors (Lipinski definition) is 2. The average Bonchev–Trinajstić information content (AvgIpc) is 3.79. The molecule has 14 atom stereocenters. The molecule has 8 rings (SSSR count). The summed E-state index contributed by atoms with van der Waals surface area (Å²) < 4.78 is 55.2. The molecule has 1 aromatic rings. The van der Waals surface area contributed by atoms with Gasteiger partial charge in [-0.3, -0.25) is 14.4 Å². The molecular weight excluding hydrogens is 676 g/mol. The second-order valence-electron chi connectivity index (χ2n) is 15.7. The Morgan fingerprint density at radius 1 is 1.00 bits per heavy atom. The monoisotopic (exact) mass is 716 g/mol. The molecule has 2 unspecified atom stereocenters. The van der Waals surface area contributed by atoms with Gasteiger partial charge in [-0.15, -0.1) is 0 Å². The number of esters is 5. The van der Waals surface area contributed by atoms with Crippen LogP contribution >= 0.6 is 0 Å². The topological polar surface area (TPSA) is 213 Å². The number of carbonyl (C=O) groups is 5. The van der Waals surface area contributed by atoms with E-state index in [2.05, 4.69) is 0 Å². The first-order valence-corrected chi connectivity index (χ1v) is 16.7.